The van der Waals surface area contributed by atoms with Crippen LogP contribution in [-0.4, -0.2) is 11.3 Å². The average Bonchev–Trinajstić information content (AvgIpc) is 2.64. The van der Waals surface area contributed by atoms with E-state index in [1.807, 2.05) is 13.0 Å². The van der Waals surface area contributed by atoms with Gasteiger partial charge in [0, 0.05) is 10.4 Å². The van der Waals surface area contributed by atoms with Gasteiger partial charge >= 0.3 is 0 Å². The highest BCUT2D eigenvalue weighted by molar-refractivity contribution is 7.13. The Labute approximate surface area is 107 Å². The van der Waals surface area contributed by atoms with Gasteiger partial charge in [0.15, 0.2) is 11.3 Å². The molecule has 2 rings (SSSR count). The zero-order valence-corrected chi connectivity index (χ0v) is 10.7. The lowest BCUT2D eigenvalue weighted by molar-refractivity contribution is 0.112. The molecular weight excluding hydrogens is 265 g/mol. The van der Waals surface area contributed by atoms with E-state index < -0.39 is 0 Å². The van der Waals surface area contributed by atoms with Crippen LogP contribution < -0.4 is 0 Å². The number of nitrogens with zero attached hydrogens (tertiary/aromatic N) is 1. The van der Waals surface area contributed by atoms with E-state index in [2.05, 4.69) is 4.98 Å². The fraction of sp³-hybridized carbons (Fsp3) is 0.0909. The number of rotatable bonds is 2. The number of carbonyl (C=O) groups is 1. The summed E-state index contributed by atoms with van der Waals surface area (Å²) in [5.74, 6) is 0. The van der Waals surface area contributed by atoms with Crippen LogP contribution in [0.25, 0.3) is 11.3 Å². The van der Waals surface area contributed by atoms with E-state index >= 15 is 0 Å². The Morgan fingerprint density at radius 2 is 2.06 bits per heavy atom. The predicted octanol–water partition coefficient (Wildman–Crippen LogP) is 4.24. The molecule has 1 heterocycles. The number of hydrogen-bond acceptors (Lipinski definition) is 3. The molecule has 0 amide bonds. The number of carbonyl (C=O) groups excluding carboxylic acids is 1. The topological polar surface area (TPSA) is 30.0 Å². The van der Waals surface area contributed by atoms with E-state index in [1.54, 1.807) is 12.1 Å². The first-order valence-corrected chi connectivity index (χ1v) is 6.07. The van der Waals surface area contributed by atoms with Crippen LogP contribution in [-0.2, 0) is 0 Å². The van der Waals surface area contributed by atoms with Crippen LogP contribution in [0.3, 0.4) is 0 Å². The van der Waals surface area contributed by atoms with E-state index in [-0.39, 0.29) is 0 Å². The molecule has 82 valence electrons. The van der Waals surface area contributed by atoms with E-state index in [1.165, 1.54) is 11.3 Å². The van der Waals surface area contributed by atoms with E-state index in [4.69, 9.17) is 23.2 Å². The van der Waals surface area contributed by atoms with Crippen molar-refractivity contribution in [1.82, 2.24) is 4.98 Å². The van der Waals surface area contributed by atoms with Crippen LogP contribution in [0.2, 0.25) is 10.0 Å². The third-order valence-electron chi connectivity index (χ3n) is 2.11. The summed E-state index contributed by atoms with van der Waals surface area (Å²) in [6.07, 6.45) is 0.749. The maximum Gasteiger partial charge on any atom is 0.178 e. The third-order valence-corrected chi connectivity index (χ3v) is 3.74. The Balaban J connectivity index is 2.53. The Morgan fingerprint density at radius 3 is 2.62 bits per heavy atom. The minimum absolute atomic E-state index is 0.471. The van der Waals surface area contributed by atoms with E-state index in [0.29, 0.717) is 15.1 Å². The van der Waals surface area contributed by atoms with E-state index in [9.17, 15) is 4.79 Å². The Kier molecular flexibility index (Phi) is 3.28. The first-order chi connectivity index (χ1) is 7.61. The van der Waals surface area contributed by atoms with Crippen LogP contribution in [0.5, 0.6) is 0 Å². The average molecular weight is 272 g/mol. The Morgan fingerprint density at radius 1 is 1.31 bits per heavy atom. The number of aryl methyl sites for hydroxylation is 1. The fourth-order valence-corrected chi connectivity index (χ4v) is 2.44. The lowest BCUT2D eigenvalue weighted by atomic mass is 10.1. The number of aromatic nitrogens is 1. The van der Waals surface area contributed by atoms with Crippen molar-refractivity contribution in [1.29, 1.82) is 0 Å². The van der Waals surface area contributed by atoms with Crippen LogP contribution in [0.4, 0.5) is 0 Å². The Hall–Kier alpha value is -0.900. The normalized spacial score (nSPS) is 10.4. The monoisotopic (exact) mass is 271 g/mol. The molecule has 0 aliphatic carbocycles. The summed E-state index contributed by atoms with van der Waals surface area (Å²) in [6, 6.07) is 5.31. The molecule has 0 unspecified atom stereocenters. The minimum Gasteiger partial charge on any atom is -0.295 e. The van der Waals surface area contributed by atoms with Crippen LogP contribution in [0, 0.1) is 6.92 Å². The van der Waals surface area contributed by atoms with Crippen molar-refractivity contribution in [3.05, 3.63) is 38.1 Å². The molecule has 2 nitrogen and oxygen atoms in total. The second-order valence-electron chi connectivity index (χ2n) is 3.20. The van der Waals surface area contributed by atoms with Gasteiger partial charge in [-0.3, -0.25) is 4.79 Å². The summed E-state index contributed by atoms with van der Waals surface area (Å²) in [5, 5.41) is 1.46. The summed E-state index contributed by atoms with van der Waals surface area (Å²) in [7, 11) is 0. The van der Waals surface area contributed by atoms with E-state index in [0.717, 1.165) is 22.4 Å². The van der Waals surface area contributed by atoms with Gasteiger partial charge in [0.05, 0.1) is 15.7 Å². The number of halogens is 2. The molecule has 0 aliphatic rings. The smallest absolute Gasteiger partial charge is 0.178 e. The molecule has 0 saturated heterocycles. The molecule has 0 aliphatic heterocycles. The molecule has 1 aromatic carbocycles. The zero-order valence-electron chi connectivity index (χ0n) is 8.33. The van der Waals surface area contributed by atoms with Crippen molar-refractivity contribution in [3.63, 3.8) is 0 Å². The molecule has 0 bridgehead atoms. The molecule has 0 saturated carbocycles. The van der Waals surface area contributed by atoms with Gasteiger partial charge in [-0.25, -0.2) is 4.98 Å². The lowest BCUT2D eigenvalue weighted by Gasteiger charge is -2.00. The highest BCUT2D eigenvalue weighted by Crippen LogP contribution is 2.31. The minimum atomic E-state index is 0.471. The second-order valence-corrected chi connectivity index (χ2v) is 5.25. The third kappa shape index (κ3) is 2.12. The van der Waals surface area contributed by atoms with Gasteiger partial charge in [-0.2, -0.15) is 0 Å². The summed E-state index contributed by atoms with van der Waals surface area (Å²) < 4.78 is 0. The van der Waals surface area contributed by atoms with Gasteiger partial charge in [-0.1, -0.05) is 29.3 Å². The highest BCUT2D eigenvalue weighted by Gasteiger charge is 2.10. The number of benzene rings is 1. The second kappa shape index (κ2) is 4.53. The fourth-order valence-electron chi connectivity index (χ4n) is 1.38. The number of thiazole rings is 1. The quantitative estimate of drug-likeness (QED) is 0.765. The lowest BCUT2D eigenvalue weighted by Crippen LogP contribution is -1.82. The van der Waals surface area contributed by atoms with Crippen molar-refractivity contribution in [2.45, 2.75) is 6.92 Å². The SMILES string of the molecule is Cc1sc(C=O)nc1-c1ccc(Cl)c(Cl)c1. The van der Waals surface area contributed by atoms with Crippen molar-refractivity contribution in [3.8, 4) is 11.3 Å². The number of hydrogen-bond donors (Lipinski definition) is 0. The molecule has 0 spiro atoms. The van der Waals surface area contributed by atoms with Crippen molar-refractivity contribution in [2.24, 2.45) is 0 Å². The summed E-state index contributed by atoms with van der Waals surface area (Å²) >= 11 is 13.1. The van der Waals surface area contributed by atoms with Gasteiger partial charge in [-0.05, 0) is 19.1 Å². The molecule has 0 radical (unpaired) electrons. The summed E-state index contributed by atoms with van der Waals surface area (Å²) in [4.78, 5) is 15.8. The maximum absolute atomic E-state index is 10.6. The molecule has 0 N–H and O–H groups in total. The largest absolute Gasteiger partial charge is 0.295 e. The van der Waals surface area contributed by atoms with Crippen LogP contribution >= 0.6 is 34.5 Å². The Bertz CT molecular complexity index is 551. The molecule has 5 heteroatoms. The number of aldehydes is 1. The highest BCUT2D eigenvalue weighted by atomic mass is 35.5. The van der Waals surface area contributed by atoms with Crippen molar-refractivity contribution < 1.29 is 4.79 Å². The molecular formula is C11H7Cl2NOS. The van der Waals surface area contributed by atoms with Gasteiger partial charge in [-0.15, -0.1) is 11.3 Å². The van der Waals surface area contributed by atoms with Crippen LogP contribution in [0.1, 0.15) is 14.7 Å². The summed E-state index contributed by atoms with van der Waals surface area (Å²) in [6.45, 7) is 1.92. The standard InChI is InChI=1S/C11H7Cl2NOS/c1-6-11(14-10(5-15)16-6)7-2-3-8(12)9(13)4-7/h2-5H,1H3. The maximum atomic E-state index is 10.6. The summed E-state index contributed by atoms with van der Waals surface area (Å²) in [5.41, 5.74) is 1.65. The first kappa shape index (κ1) is 11.6. The predicted molar refractivity (Wildman–Crippen MR) is 67.7 cm³/mol. The molecule has 1 aromatic heterocycles. The van der Waals surface area contributed by atoms with Crippen molar-refractivity contribution in [2.75, 3.05) is 0 Å². The van der Waals surface area contributed by atoms with Gasteiger partial charge < -0.3 is 0 Å². The van der Waals surface area contributed by atoms with Crippen LogP contribution in [0.15, 0.2) is 18.2 Å². The molecule has 2 aromatic rings. The molecule has 0 atom stereocenters. The molecule has 0 fully saturated rings. The first-order valence-electron chi connectivity index (χ1n) is 4.50. The zero-order chi connectivity index (χ0) is 11.7. The van der Waals surface area contributed by atoms with Gasteiger partial charge in [0.2, 0.25) is 0 Å². The van der Waals surface area contributed by atoms with Gasteiger partial charge in [0.25, 0.3) is 0 Å². The molecule has 16 heavy (non-hydrogen) atoms. The van der Waals surface area contributed by atoms with Crippen molar-refractivity contribution >= 4 is 40.8 Å². The van der Waals surface area contributed by atoms with Gasteiger partial charge in [0.1, 0.15) is 0 Å².